The molecule has 96 valence electrons. The molecule has 0 saturated carbocycles. The summed E-state index contributed by atoms with van der Waals surface area (Å²) in [7, 11) is 0. The zero-order valence-electron chi connectivity index (χ0n) is 11.3. The Balaban J connectivity index is 3.82. The van der Waals surface area contributed by atoms with E-state index in [2.05, 4.69) is 39.9 Å². The van der Waals surface area contributed by atoms with Crippen molar-refractivity contribution in [3.63, 3.8) is 0 Å². The summed E-state index contributed by atoms with van der Waals surface area (Å²) in [5.41, 5.74) is 0.309. The van der Waals surface area contributed by atoms with Crippen LogP contribution in [-0.4, -0.2) is 24.2 Å². The predicted molar refractivity (Wildman–Crippen MR) is 67.5 cm³/mol. The highest BCUT2D eigenvalue weighted by molar-refractivity contribution is 5.70. The molecule has 2 N–H and O–H groups in total. The predicted octanol–water partition coefficient (Wildman–Crippen LogP) is 2.76. The van der Waals surface area contributed by atoms with Crippen molar-refractivity contribution in [2.75, 3.05) is 13.1 Å². The van der Waals surface area contributed by atoms with Gasteiger partial charge in [0.25, 0.3) is 0 Å². The maximum Gasteiger partial charge on any atom is 0.307 e. The van der Waals surface area contributed by atoms with Gasteiger partial charge < -0.3 is 10.4 Å². The van der Waals surface area contributed by atoms with Crippen molar-refractivity contribution < 1.29 is 9.90 Å². The number of carbonyl (C=O) groups is 1. The average Bonchev–Trinajstić information content (AvgIpc) is 2.07. The van der Waals surface area contributed by atoms with Gasteiger partial charge >= 0.3 is 5.97 Å². The normalized spacial score (nSPS) is 14.1. The number of carboxylic acid groups (broad SMARTS) is 1. The fourth-order valence-electron chi connectivity index (χ4n) is 1.58. The topological polar surface area (TPSA) is 49.3 Å². The summed E-state index contributed by atoms with van der Waals surface area (Å²) in [6, 6.07) is 0. The summed E-state index contributed by atoms with van der Waals surface area (Å²) in [5, 5.41) is 12.3. The number of nitrogens with one attached hydrogen (secondary N) is 1. The molecule has 0 spiro atoms. The number of rotatable bonds is 7. The van der Waals surface area contributed by atoms with Crippen molar-refractivity contribution in [1.82, 2.24) is 5.32 Å². The molecule has 0 fully saturated rings. The largest absolute Gasteiger partial charge is 0.481 e. The van der Waals surface area contributed by atoms with E-state index in [0.29, 0.717) is 17.9 Å². The van der Waals surface area contributed by atoms with Crippen LogP contribution in [0.1, 0.15) is 47.5 Å². The van der Waals surface area contributed by atoms with Gasteiger partial charge in [0, 0.05) is 6.54 Å². The molecule has 0 saturated heterocycles. The van der Waals surface area contributed by atoms with E-state index >= 15 is 0 Å². The SMILES string of the molecule is CC(C)CC(CNCCC(C)(C)C)C(=O)O. The van der Waals surface area contributed by atoms with Gasteiger partial charge in [-0.25, -0.2) is 0 Å². The van der Waals surface area contributed by atoms with Gasteiger partial charge in [0.15, 0.2) is 0 Å². The number of carboxylic acids is 1. The van der Waals surface area contributed by atoms with E-state index in [9.17, 15) is 4.79 Å². The Kier molecular flexibility index (Phi) is 6.65. The van der Waals surface area contributed by atoms with Gasteiger partial charge in [-0.2, -0.15) is 0 Å². The summed E-state index contributed by atoms with van der Waals surface area (Å²) >= 11 is 0. The maximum absolute atomic E-state index is 11.0. The van der Waals surface area contributed by atoms with Gasteiger partial charge in [0.2, 0.25) is 0 Å². The Bertz CT molecular complexity index is 206. The smallest absolute Gasteiger partial charge is 0.307 e. The summed E-state index contributed by atoms with van der Waals surface area (Å²) in [6.45, 7) is 12.2. The lowest BCUT2D eigenvalue weighted by Crippen LogP contribution is -2.31. The van der Waals surface area contributed by atoms with E-state index in [1.54, 1.807) is 0 Å². The minimum Gasteiger partial charge on any atom is -0.481 e. The minimum atomic E-state index is -0.683. The molecule has 0 aliphatic heterocycles. The highest BCUT2D eigenvalue weighted by Gasteiger charge is 2.18. The number of hydrogen-bond donors (Lipinski definition) is 2. The Morgan fingerprint density at radius 2 is 1.88 bits per heavy atom. The molecule has 0 radical (unpaired) electrons. The monoisotopic (exact) mass is 229 g/mol. The number of aliphatic carboxylic acids is 1. The van der Waals surface area contributed by atoms with Crippen LogP contribution in [0.25, 0.3) is 0 Å². The summed E-state index contributed by atoms with van der Waals surface area (Å²) < 4.78 is 0. The van der Waals surface area contributed by atoms with E-state index in [0.717, 1.165) is 19.4 Å². The Labute approximate surface area is 99.6 Å². The quantitative estimate of drug-likeness (QED) is 0.660. The standard InChI is InChI=1S/C13H27NO2/c1-10(2)8-11(12(15)16)9-14-7-6-13(3,4)5/h10-11,14H,6-9H2,1-5H3,(H,15,16). The zero-order valence-corrected chi connectivity index (χ0v) is 11.3. The lowest BCUT2D eigenvalue weighted by molar-refractivity contribution is -0.142. The molecule has 1 atom stereocenters. The van der Waals surface area contributed by atoms with Crippen molar-refractivity contribution in [3.8, 4) is 0 Å². The fourth-order valence-corrected chi connectivity index (χ4v) is 1.58. The highest BCUT2D eigenvalue weighted by Crippen LogP contribution is 2.17. The van der Waals surface area contributed by atoms with Crippen LogP contribution < -0.4 is 5.32 Å². The van der Waals surface area contributed by atoms with Crippen molar-refractivity contribution >= 4 is 5.97 Å². The van der Waals surface area contributed by atoms with Gasteiger partial charge in [-0.3, -0.25) is 4.79 Å². The van der Waals surface area contributed by atoms with E-state index < -0.39 is 5.97 Å². The average molecular weight is 229 g/mol. The third-order valence-corrected chi connectivity index (χ3v) is 2.55. The fraction of sp³-hybridized carbons (Fsp3) is 0.923. The molecule has 0 aromatic carbocycles. The molecule has 0 aromatic rings. The van der Waals surface area contributed by atoms with Crippen LogP contribution in [0.2, 0.25) is 0 Å². The van der Waals surface area contributed by atoms with E-state index in [1.807, 2.05) is 0 Å². The second kappa shape index (κ2) is 6.89. The van der Waals surface area contributed by atoms with Gasteiger partial charge in [-0.15, -0.1) is 0 Å². The first-order valence-corrected chi connectivity index (χ1v) is 6.16. The Morgan fingerprint density at radius 1 is 1.31 bits per heavy atom. The molecule has 0 rings (SSSR count). The Morgan fingerprint density at radius 3 is 2.25 bits per heavy atom. The summed E-state index contributed by atoms with van der Waals surface area (Å²) in [4.78, 5) is 11.0. The highest BCUT2D eigenvalue weighted by atomic mass is 16.4. The molecule has 0 aliphatic rings. The summed E-state index contributed by atoms with van der Waals surface area (Å²) in [6.07, 6.45) is 1.82. The van der Waals surface area contributed by atoms with E-state index in [-0.39, 0.29) is 5.92 Å². The van der Waals surface area contributed by atoms with Gasteiger partial charge in [0.05, 0.1) is 5.92 Å². The van der Waals surface area contributed by atoms with Crippen LogP contribution in [0.4, 0.5) is 0 Å². The third kappa shape index (κ3) is 8.72. The molecule has 3 heteroatoms. The van der Waals surface area contributed by atoms with Crippen molar-refractivity contribution in [2.45, 2.75) is 47.5 Å². The van der Waals surface area contributed by atoms with Gasteiger partial charge in [-0.1, -0.05) is 34.6 Å². The summed E-state index contributed by atoms with van der Waals surface area (Å²) in [5.74, 6) is -0.498. The molecule has 1 unspecified atom stereocenters. The van der Waals surface area contributed by atoms with Crippen LogP contribution in [0.3, 0.4) is 0 Å². The molecular weight excluding hydrogens is 202 g/mol. The van der Waals surface area contributed by atoms with Crippen LogP contribution in [0, 0.1) is 17.3 Å². The molecule has 16 heavy (non-hydrogen) atoms. The third-order valence-electron chi connectivity index (χ3n) is 2.55. The second-order valence-electron chi connectivity index (χ2n) is 6.18. The first-order chi connectivity index (χ1) is 7.22. The van der Waals surface area contributed by atoms with Crippen LogP contribution >= 0.6 is 0 Å². The van der Waals surface area contributed by atoms with Gasteiger partial charge in [-0.05, 0) is 30.7 Å². The molecule has 0 aromatic heterocycles. The first kappa shape index (κ1) is 15.4. The van der Waals surface area contributed by atoms with Crippen LogP contribution in [-0.2, 0) is 4.79 Å². The molecule has 0 amide bonds. The lowest BCUT2D eigenvalue weighted by atomic mass is 9.92. The Hall–Kier alpha value is -0.570. The lowest BCUT2D eigenvalue weighted by Gasteiger charge is -2.20. The van der Waals surface area contributed by atoms with Crippen LogP contribution in [0.15, 0.2) is 0 Å². The van der Waals surface area contributed by atoms with Crippen molar-refractivity contribution in [1.29, 1.82) is 0 Å². The zero-order chi connectivity index (χ0) is 12.8. The molecule has 3 nitrogen and oxygen atoms in total. The molecular formula is C13H27NO2. The second-order valence-corrected chi connectivity index (χ2v) is 6.18. The molecule has 0 bridgehead atoms. The first-order valence-electron chi connectivity index (χ1n) is 6.16. The van der Waals surface area contributed by atoms with Crippen LogP contribution in [0.5, 0.6) is 0 Å². The number of hydrogen-bond acceptors (Lipinski definition) is 2. The maximum atomic E-state index is 11.0. The molecule has 0 aliphatic carbocycles. The van der Waals surface area contributed by atoms with Gasteiger partial charge in [0.1, 0.15) is 0 Å². The molecule has 0 heterocycles. The van der Waals surface area contributed by atoms with E-state index in [1.165, 1.54) is 0 Å². The van der Waals surface area contributed by atoms with E-state index in [4.69, 9.17) is 5.11 Å². The van der Waals surface area contributed by atoms with Crippen molar-refractivity contribution in [3.05, 3.63) is 0 Å². The minimum absolute atomic E-state index is 0.250. The van der Waals surface area contributed by atoms with Crippen molar-refractivity contribution in [2.24, 2.45) is 17.3 Å².